The van der Waals surface area contributed by atoms with Gasteiger partial charge >= 0.3 is 5.97 Å². The van der Waals surface area contributed by atoms with E-state index in [-0.39, 0.29) is 5.69 Å². The Morgan fingerprint density at radius 3 is 2.57 bits per heavy atom. The molecule has 0 saturated heterocycles. The van der Waals surface area contributed by atoms with Crippen LogP contribution >= 0.6 is 0 Å². The summed E-state index contributed by atoms with van der Waals surface area (Å²) in [5.74, 6) is 0.0136. The van der Waals surface area contributed by atoms with Crippen LogP contribution in [0.2, 0.25) is 0 Å². The predicted octanol–water partition coefficient (Wildman–Crippen LogP) is 3.88. The number of nitrogens with zero attached hydrogens (tertiary/aromatic N) is 1. The van der Waals surface area contributed by atoms with Crippen molar-refractivity contribution in [1.82, 2.24) is 0 Å². The molecule has 0 bridgehead atoms. The number of carbonyl (C=O) groups excluding carboxylic acids is 1. The number of hydrogen-bond donors (Lipinski definition) is 0. The van der Waals surface area contributed by atoms with E-state index in [4.69, 9.17) is 4.74 Å². The lowest BCUT2D eigenvalue weighted by Gasteiger charge is -2.01. The van der Waals surface area contributed by atoms with Gasteiger partial charge in [0.1, 0.15) is 5.76 Å². The van der Waals surface area contributed by atoms with Gasteiger partial charge in [0.05, 0.1) is 10.5 Å². The molecule has 0 spiro atoms. The predicted molar refractivity (Wildman–Crippen MR) is 86.3 cm³/mol. The fourth-order valence-electron chi connectivity index (χ4n) is 2.30. The number of ether oxygens (including phenoxy) is 1. The molecule has 1 aliphatic heterocycles. The fourth-order valence-corrected chi connectivity index (χ4v) is 2.30. The van der Waals surface area contributed by atoms with E-state index in [0.29, 0.717) is 16.9 Å². The molecule has 2 aromatic rings. The molecule has 1 aliphatic rings. The molecule has 0 N–H and O–H groups in total. The Bertz CT molecular complexity index is 851. The normalized spacial score (nSPS) is 15.4. The summed E-state index contributed by atoms with van der Waals surface area (Å²) in [5.41, 5.74) is 2.63. The highest BCUT2D eigenvalue weighted by Gasteiger charge is 2.22. The Morgan fingerprint density at radius 2 is 1.87 bits per heavy atom. The molecule has 0 radical (unpaired) electrons. The van der Waals surface area contributed by atoms with Crippen LogP contribution in [-0.4, -0.2) is 10.9 Å². The van der Waals surface area contributed by atoms with Crippen molar-refractivity contribution in [2.24, 2.45) is 0 Å². The first-order chi connectivity index (χ1) is 11.0. The SMILES string of the molecule is Cc1ccc([N+](=O)[O-])cc1/C=C1/C=C(c2ccccc2)OC1=O. The number of aryl methyl sites for hydroxylation is 1. The van der Waals surface area contributed by atoms with Gasteiger partial charge in [0.25, 0.3) is 5.69 Å². The van der Waals surface area contributed by atoms with E-state index in [9.17, 15) is 14.9 Å². The molecular formula is C18H13NO4. The number of nitro groups is 1. The van der Waals surface area contributed by atoms with Gasteiger partial charge in [-0.15, -0.1) is 0 Å². The maximum atomic E-state index is 12.0. The second-order valence-electron chi connectivity index (χ2n) is 5.16. The van der Waals surface area contributed by atoms with Crippen LogP contribution in [0, 0.1) is 17.0 Å². The van der Waals surface area contributed by atoms with Crippen molar-refractivity contribution in [2.45, 2.75) is 6.92 Å². The zero-order chi connectivity index (χ0) is 16.4. The van der Waals surface area contributed by atoms with Crippen LogP contribution in [-0.2, 0) is 9.53 Å². The van der Waals surface area contributed by atoms with Crippen LogP contribution in [0.15, 0.2) is 60.2 Å². The summed E-state index contributed by atoms with van der Waals surface area (Å²) < 4.78 is 5.27. The van der Waals surface area contributed by atoms with Gasteiger partial charge in [0.2, 0.25) is 0 Å². The first kappa shape index (κ1) is 14.7. The topological polar surface area (TPSA) is 69.4 Å². The van der Waals surface area contributed by atoms with Crippen LogP contribution in [0.1, 0.15) is 16.7 Å². The Morgan fingerprint density at radius 1 is 1.13 bits per heavy atom. The zero-order valence-electron chi connectivity index (χ0n) is 12.4. The molecule has 0 atom stereocenters. The minimum absolute atomic E-state index is 0.0129. The Kier molecular flexibility index (Phi) is 3.76. The first-order valence-corrected chi connectivity index (χ1v) is 7.00. The molecule has 5 nitrogen and oxygen atoms in total. The average molecular weight is 307 g/mol. The van der Waals surface area contributed by atoms with Crippen molar-refractivity contribution in [3.8, 4) is 0 Å². The third kappa shape index (κ3) is 3.03. The largest absolute Gasteiger partial charge is 0.422 e. The van der Waals surface area contributed by atoms with Gasteiger partial charge in [-0.25, -0.2) is 4.79 Å². The van der Waals surface area contributed by atoms with E-state index in [1.165, 1.54) is 12.1 Å². The highest BCUT2D eigenvalue weighted by atomic mass is 16.6. The van der Waals surface area contributed by atoms with Gasteiger partial charge in [-0.05, 0) is 30.2 Å². The van der Waals surface area contributed by atoms with E-state index in [0.717, 1.165) is 11.1 Å². The summed E-state index contributed by atoms with van der Waals surface area (Å²) in [4.78, 5) is 22.4. The Hall–Kier alpha value is -3.21. The maximum absolute atomic E-state index is 12.0. The lowest BCUT2D eigenvalue weighted by Crippen LogP contribution is -1.97. The molecule has 0 fully saturated rings. The highest BCUT2D eigenvalue weighted by molar-refractivity contribution is 6.05. The van der Waals surface area contributed by atoms with Crippen molar-refractivity contribution < 1.29 is 14.5 Å². The van der Waals surface area contributed by atoms with Crippen LogP contribution in [0.25, 0.3) is 11.8 Å². The van der Waals surface area contributed by atoms with E-state index in [1.54, 1.807) is 18.2 Å². The lowest BCUT2D eigenvalue weighted by atomic mass is 10.0. The summed E-state index contributed by atoms with van der Waals surface area (Å²) in [5, 5.41) is 10.9. The quantitative estimate of drug-likeness (QED) is 0.373. The minimum Gasteiger partial charge on any atom is -0.422 e. The number of benzene rings is 2. The van der Waals surface area contributed by atoms with Gasteiger partial charge in [-0.1, -0.05) is 36.4 Å². The van der Waals surface area contributed by atoms with Crippen molar-refractivity contribution in [2.75, 3.05) is 0 Å². The fraction of sp³-hybridized carbons (Fsp3) is 0.0556. The number of carbonyl (C=O) groups is 1. The first-order valence-electron chi connectivity index (χ1n) is 7.00. The molecule has 1 heterocycles. The van der Waals surface area contributed by atoms with Crippen LogP contribution in [0.3, 0.4) is 0 Å². The Labute approximate surface area is 132 Å². The van der Waals surface area contributed by atoms with Crippen LogP contribution in [0.4, 0.5) is 5.69 Å². The molecule has 5 heteroatoms. The third-order valence-electron chi connectivity index (χ3n) is 3.57. The molecule has 3 rings (SSSR count). The second kappa shape index (κ2) is 5.88. The molecule has 2 aromatic carbocycles. The van der Waals surface area contributed by atoms with Gasteiger partial charge < -0.3 is 4.74 Å². The minimum atomic E-state index is -0.463. The number of hydrogen-bond acceptors (Lipinski definition) is 4. The zero-order valence-corrected chi connectivity index (χ0v) is 12.4. The summed E-state index contributed by atoms with van der Waals surface area (Å²) in [7, 11) is 0. The van der Waals surface area contributed by atoms with E-state index in [1.807, 2.05) is 37.3 Å². The molecule has 114 valence electrons. The van der Waals surface area contributed by atoms with Gasteiger partial charge in [-0.3, -0.25) is 10.1 Å². The average Bonchev–Trinajstić information content (AvgIpc) is 2.91. The molecule has 23 heavy (non-hydrogen) atoms. The van der Waals surface area contributed by atoms with Gasteiger partial charge in [-0.2, -0.15) is 0 Å². The smallest absolute Gasteiger partial charge is 0.343 e. The summed E-state index contributed by atoms with van der Waals surface area (Å²) in [6.07, 6.45) is 3.26. The maximum Gasteiger partial charge on any atom is 0.343 e. The third-order valence-corrected chi connectivity index (χ3v) is 3.57. The van der Waals surface area contributed by atoms with Crippen LogP contribution < -0.4 is 0 Å². The van der Waals surface area contributed by atoms with Crippen molar-refractivity contribution in [3.05, 3.63) is 87.0 Å². The molecule has 0 amide bonds. The number of nitro benzene ring substituents is 1. The monoisotopic (exact) mass is 307 g/mol. The second-order valence-corrected chi connectivity index (χ2v) is 5.16. The molecule has 0 aromatic heterocycles. The van der Waals surface area contributed by atoms with Crippen molar-refractivity contribution in [1.29, 1.82) is 0 Å². The number of esters is 1. The van der Waals surface area contributed by atoms with Gasteiger partial charge in [0.15, 0.2) is 0 Å². The molecular weight excluding hydrogens is 294 g/mol. The Balaban J connectivity index is 2.00. The summed E-state index contributed by atoms with van der Waals surface area (Å²) in [6.45, 7) is 1.83. The van der Waals surface area contributed by atoms with Crippen LogP contribution in [0.5, 0.6) is 0 Å². The number of rotatable bonds is 3. The molecule has 0 unspecified atom stereocenters. The van der Waals surface area contributed by atoms with Crippen molar-refractivity contribution in [3.63, 3.8) is 0 Å². The standard InChI is InChI=1S/C18H13NO4/c1-12-7-8-16(19(21)22)10-14(12)9-15-11-17(23-18(15)20)13-5-3-2-4-6-13/h2-11H,1H3/b15-9-. The summed E-state index contributed by atoms with van der Waals surface area (Å²) in [6, 6.07) is 13.8. The highest BCUT2D eigenvalue weighted by Crippen LogP contribution is 2.28. The molecule has 0 aliphatic carbocycles. The summed E-state index contributed by atoms with van der Waals surface area (Å²) >= 11 is 0. The van der Waals surface area contributed by atoms with Gasteiger partial charge in [0, 0.05) is 17.7 Å². The lowest BCUT2D eigenvalue weighted by molar-refractivity contribution is -0.384. The van der Waals surface area contributed by atoms with E-state index < -0.39 is 10.9 Å². The van der Waals surface area contributed by atoms with Crippen molar-refractivity contribution >= 4 is 23.5 Å². The van der Waals surface area contributed by atoms with E-state index in [2.05, 4.69) is 0 Å². The number of non-ortho nitro benzene ring substituents is 1. The molecule has 0 saturated carbocycles. The number of cyclic esters (lactones) is 1. The van der Waals surface area contributed by atoms with E-state index >= 15 is 0 Å².